The Bertz CT molecular complexity index is 547. The number of benzene rings is 1. The molecule has 0 bridgehead atoms. The smallest absolute Gasteiger partial charge is 0.228 e. The van der Waals surface area contributed by atoms with Gasteiger partial charge in [0.1, 0.15) is 0 Å². The fourth-order valence-corrected chi connectivity index (χ4v) is 3.55. The molecule has 3 atom stereocenters. The van der Waals surface area contributed by atoms with Crippen molar-refractivity contribution in [3.8, 4) is 0 Å². The van der Waals surface area contributed by atoms with Crippen LogP contribution in [0.2, 0.25) is 5.02 Å². The van der Waals surface area contributed by atoms with Crippen LogP contribution in [0, 0.1) is 17.3 Å². The second-order valence-corrected chi connectivity index (χ2v) is 7.78. The predicted molar refractivity (Wildman–Crippen MR) is 91.4 cm³/mol. The molecule has 3 unspecified atom stereocenters. The maximum Gasteiger partial charge on any atom is 0.228 e. The van der Waals surface area contributed by atoms with Crippen LogP contribution in [0.25, 0.3) is 0 Å². The number of carbonyl (C=O) groups excluding carboxylic acids is 1. The highest BCUT2D eigenvalue weighted by Crippen LogP contribution is 2.44. The zero-order valence-corrected chi connectivity index (χ0v) is 15.0. The molecule has 1 aromatic rings. The van der Waals surface area contributed by atoms with Gasteiger partial charge in [-0.3, -0.25) is 4.79 Å². The summed E-state index contributed by atoms with van der Waals surface area (Å²) in [6.45, 7) is 6.41. The first-order valence-corrected chi connectivity index (χ1v) is 8.42. The first-order valence-electron chi connectivity index (χ1n) is 7.25. The molecule has 3 N–H and O–H groups in total. The van der Waals surface area contributed by atoms with Crippen molar-refractivity contribution in [2.75, 3.05) is 5.32 Å². The quantitative estimate of drug-likeness (QED) is 0.805. The first kappa shape index (κ1) is 16.8. The van der Waals surface area contributed by atoms with Gasteiger partial charge in [0.05, 0.1) is 5.02 Å². The van der Waals surface area contributed by atoms with Crippen LogP contribution in [-0.2, 0) is 4.79 Å². The zero-order chi connectivity index (χ0) is 15.8. The van der Waals surface area contributed by atoms with Crippen LogP contribution < -0.4 is 11.1 Å². The van der Waals surface area contributed by atoms with E-state index in [0.717, 1.165) is 23.0 Å². The Hall–Kier alpha value is -0.580. The average Bonchev–Trinajstić information content (AvgIpc) is 2.40. The molecule has 1 aromatic carbocycles. The van der Waals surface area contributed by atoms with E-state index in [-0.39, 0.29) is 23.3 Å². The Morgan fingerprint density at radius 2 is 2.10 bits per heavy atom. The molecule has 0 heterocycles. The van der Waals surface area contributed by atoms with Gasteiger partial charge >= 0.3 is 0 Å². The van der Waals surface area contributed by atoms with E-state index in [4.69, 9.17) is 17.3 Å². The lowest BCUT2D eigenvalue weighted by Crippen LogP contribution is -2.50. The Balaban J connectivity index is 2.14. The molecular weight excluding hydrogens is 352 g/mol. The van der Waals surface area contributed by atoms with E-state index < -0.39 is 0 Å². The van der Waals surface area contributed by atoms with E-state index in [0.29, 0.717) is 10.9 Å². The highest BCUT2D eigenvalue weighted by atomic mass is 79.9. The van der Waals surface area contributed by atoms with Crippen molar-refractivity contribution >= 4 is 39.1 Å². The largest absolute Gasteiger partial charge is 0.327 e. The molecule has 0 radical (unpaired) electrons. The maximum atomic E-state index is 12.6. The van der Waals surface area contributed by atoms with Crippen LogP contribution in [0.3, 0.4) is 0 Å². The molecule has 0 spiro atoms. The molecule has 1 aliphatic rings. The number of halogens is 2. The maximum absolute atomic E-state index is 12.6. The molecule has 0 aromatic heterocycles. The molecule has 0 saturated heterocycles. The van der Waals surface area contributed by atoms with Crippen molar-refractivity contribution in [1.29, 1.82) is 0 Å². The van der Waals surface area contributed by atoms with E-state index >= 15 is 0 Å². The van der Waals surface area contributed by atoms with Crippen LogP contribution in [0.5, 0.6) is 0 Å². The summed E-state index contributed by atoms with van der Waals surface area (Å²) in [6, 6.07) is 5.61. The Morgan fingerprint density at radius 3 is 2.71 bits per heavy atom. The van der Waals surface area contributed by atoms with Crippen LogP contribution >= 0.6 is 27.5 Å². The summed E-state index contributed by atoms with van der Waals surface area (Å²) in [7, 11) is 0. The van der Waals surface area contributed by atoms with Gasteiger partial charge in [-0.25, -0.2) is 0 Å². The van der Waals surface area contributed by atoms with Crippen molar-refractivity contribution in [3.05, 3.63) is 27.7 Å². The molecule has 2 rings (SSSR count). The van der Waals surface area contributed by atoms with E-state index in [1.54, 1.807) is 6.07 Å². The Morgan fingerprint density at radius 1 is 1.43 bits per heavy atom. The molecule has 0 aliphatic heterocycles. The minimum Gasteiger partial charge on any atom is -0.327 e. The third kappa shape index (κ3) is 3.43. The molecular formula is C16H22BrClN2O. The fraction of sp³-hybridized carbons (Fsp3) is 0.562. The number of anilines is 1. The van der Waals surface area contributed by atoms with Crippen LogP contribution in [0.15, 0.2) is 22.7 Å². The lowest BCUT2D eigenvalue weighted by Gasteiger charge is -2.46. The summed E-state index contributed by atoms with van der Waals surface area (Å²) in [6.07, 6.45) is 1.72. The predicted octanol–water partition coefficient (Wildman–Crippen LogP) is 4.44. The molecule has 1 aliphatic carbocycles. The summed E-state index contributed by atoms with van der Waals surface area (Å²) in [5.74, 6) is 0.336. The lowest BCUT2D eigenvalue weighted by molar-refractivity contribution is -0.127. The van der Waals surface area contributed by atoms with E-state index in [1.165, 1.54) is 0 Å². The Kier molecular flexibility index (Phi) is 5.01. The van der Waals surface area contributed by atoms with Gasteiger partial charge in [-0.1, -0.05) is 32.4 Å². The third-order valence-electron chi connectivity index (χ3n) is 5.01. The number of rotatable bonds is 2. The highest BCUT2D eigenvalue weighted by molar-refractivity contribution is 9.10. The van der Waals surface area contributed by atoms with Gasteiger partial charge in [0.15, 0.2) is 0 Å². The molecule has 1 saturated carbocycles. The molecule has 3 nitrogen and oxygen atoms in total. The summed E-state index contributed by atoms with van der Waals surface area (Å²) in [5, 5.41) is 3.57. The zero-order valence-electron chi connectivity index (χ0n) is 12.6. The molecule has 1 amide bonds. The third-order valence-corrected chi connectivity index (χ3v) is 6.24. The summed E-state index contributed by atoms with van der Waals surface area (Å²) in [4.78, 5) is 12.6. The molecule has 21 heavy (non-hydrogen) atoms. The van der Waals surface area contributed by atoms with Crippen molar-refractivity contribution in [1.82, 2.24) is 0 Å². The second-order valence-electron chi connectivity index (χ2n) is 6.52. The first-order chi connectivity index (χ1) is 9.73. The van der Waals surface area contributed by atoms with E-state index in [9.17, 15) is 4.79 Å². The van der Waals surface area contributed by atoms with Gasteiger partial charge in [-0.15, -0.1) is 0 Å². The SMILES string of the molecule is CC1C(N)CCC(C(=O)Nc2ccc(Br)c(Cl)c2)C1(C)C. The number of amides is 1. The summed E-state index contributed by atoms with van der Waals surface area (Å²) in [5.41, 5.74) is 6.77. The van der Waals surface area contributed by atoms with Gasteiger partial charge in [-0.05, 0) is 58.3 Å². The van der Waals surface area contributed by atoms with E-state index in [2.05, 4.69) is 42.0 Å². The Labute approximate surface area is 139 Å². The number of hydrogen-bond donors (Lipinski definition) is 2. The number of nitrogens with one attached hydrogen (secondary N) is 1. The standard InChI is InChI=1S/C16H22BrClN2O/c1-9-14(19)7-5-11(16(9,2)3)15(21)20-10-4-6-12(17)13(18)8-10/h4,6,8-9,11,14H,5,7,19H2,1-3H3,(H,20,21). The number of carbonyl (C=O) groups is 1. The van der Waals surface area contributed by atoms with Crippen molar-refractivity contribution in [2.24, 2.45) is 23.0 Å². The summed E-state index contributed by atoms with van der Waals surface area (Å²) >= 11 is 9.41. The normalized spacial score (nSPS) is 28.2. The molecule has 116 valence electrons. The number of nitrogens with two attached hydrogens (primary N) is 1. The minimum absolute atomic E-state index is 0.0327. The topological polar surface area (TPSA) is 55.1 Å². The minimum atomic E-state index is -0.110. The van der Waals surface area contributed by atoms with Crippen molar-refractivity contribution in [3.63, 3.8) is 0 Å². The van der Waals surface area contributed by atoms with Crippen LogP contribution in [0.1, 0.15) is 33.6 Å². The van der Waals surface area contributed by atoms with E-state index in [1.807, 2.05) is 12.1 Å². The molecule has 5 heteroatoms. The fourth-order valence-electron chi connectivity index (χ4n) is 3.12. The van der Waals surface area contributed by atoms with Crippen LogP contribution in [-0.4, -0.2) is 11.9 Å². The average molecular weight is 374 g/mol. The molecule has 1 fully saturated rings. The van der Waals surface area contributed by atoms with Gasteiger partial charge in [0, 0.05) is 22.1 Å². The van der Waals surface area contributed by atoms with Gasteiger partial charge < -0.3 is 11.1 Å². The monoisotopic (exact) mass is 372 g/mol. The van der Waals surface area contributed by atoms with Gasteiger partial charge in [-0.2, -0.15) is 0 Å². The second kappa shape index (κ2) is 6.27. The van der Waals surface area contributed by atoms with Gasteiger partial charge in [0.25, 0.3) is 0 Å². The summed E-state index contributed by atoms with van der Waals surface area (Å²) < 4.78 is 0.819. The van der Waals surface area contributed by atoms with Gasteiger partial charge in [0.2, 0.25) is 5.91 Å². The highest BCUT2D eigenvalue weighted by Gasteiger charge is 2.44. The lowest BCUT2D eigenvalue weighted by atomic mass is 9.61. The van der Waals surface area contributed by atoms with Crippen molar-refractivity contribution < 1.29 is 4.79 Å². The van der Waals surface area contributed by atoms with Crippen LogP contribution in [0.4, 0.5) is 5.69 Å². The number of hydrogen-bond acceptors (Lipinski definition) is 2. The van der Waals surface area contributed by atoms with Crippen molar-refractivity contribution in [2.45, 2.75) is 39.7 Å².